The standard InChI is InChI=1S/C17H37NO2/c1-3-4-5-6-7-8-9-10-11-12-13-14-15-16(18-2)17(19)20/h16-20H,3-15H2,1-2H3. The zero-order valence-corrected chi connectivity index (χ0v) is 13.7. The van der Waals surface area contributed by atoms with Gasteiger partial charge in [-0.05, 0) is 13.5 Å². The fourth-order valence-electron chi connectivity index (χ4n) is 2.65. The highest BCUT2D eigenvalue weighted by atomic mass is 16.5. The Morgan fingerprint density at radius 1 is 0.700 bits per heavy atom. The van der Waals surface area contributed by atoms with Crippen LogP contribution in [-0.4, -0.2) is 29.6 Å². The topological polar surface area (TPSA) is 52.5 Å². The highest BCUT2D eigenvalue weighted by Crippen LogP contribution is 2.13. The van der Waals surface area contributed by atoms with Gasteiger partial charge in [-0.1, -0.05) is 84.0 Å². The Labute approximate surface area is 126 Å². The van der Waals surface area contributed by atoms with E-state index < -0.39 is 6.29 Å². The Balaban J connectivity index is 3.13. The van der Waals surface area contributed by atoms with Crippen molar-refractivity contribution in [2.24, 2.45) is 0 Å². The van der Waals surface area contributed by atoms with Crippen molar-refractivity contribution >= 4 is 0 Å². The molecule has 122 valence electrons. The Kier molecular flexibility index (Phi) is 15.2. The van der Waals surface area contributed by atoms with Crippen molar-refractivity contribution < 1.29 is 10.2 Å². The number of aliphatic hydroxyl groups excluding tert-OH is 1. The summed E-state index contributed by atoms with van der Waals surface area (Å²) in [5, 5.41) is 21.1. The quantitative estimate of drug-likeness (QED) is 0.315. The summed E-state index contributed by atoms with van der Waals surface area (Å²) >= 11 is 0. The van der Waals surface area contributed by atoms with Crippen molar-refractivity contribution in [2.45, 2.75) is 103 Å². The van der Waals surface area contributed by atoms with Gasteiger partial charge < -0.3 is 15.5 Å². The molecule has 0 heterocycles. The zero-order chi connectivity index (χ0) is 15.1. The molecule has 0 saturated heterocycles. The molecule has 0 aromatic carbocycles. The van der Waals surface area contributed by atoms with E-state index in [1.54, 1.807) is 7.05 Å². The molecule has 1 unspecified atom stereocenters. The van der Waals surface area contributed by atoms with Crippen LogP contribution in [0, 0.1) is 0 Å². The van der Waals surface area contributed by atoms with Gasteiger partial charge in [-0.25, -0.2) is 0 Å². The molecule has 0 radical (unpaired) electrons. The molecule has 0 aliphatic carbocycles. The van der Waals surface area contributed by atoms with E-state index in [0.29, 0.717) is 0 Å². The molecule has 0 aromatic rings. The molecule has 3 N–H and O–H groups in total. The highest BCUT2D eigenvalue weighted by Gasteiger charge is 2.12. The van der Waals surface area contributed by atoms with E-state index in [9.17, 15) is 0 Å². The molecule has 0 aliphatic heterocycles. The van der Waals surface area contributed by atoms with Crippen LogP contribution in [0.2, 0.25) is 0 Å². The van der Waals surface area contributed by atoms with Gasteiger partial charge in [0.05, 0.1) is 6.04 Å². The van der Waals surface area contributed by atoms with Crippen molar-refractivity contribution in [2.75, 3.05) is 7.05 Å². The van der Waals surface area contributed by atoms with Crippen LogP contribution in [0.1, 0.15) is 90.4 Å². The van der Waals surface area contributed by atoms with Crippen LogP contribution in [0.3, 0.4) is 0 Å². The van der Waals surface area contributed by atoms with E-state index in [0.717, 1.165) is 12.8 Å². The van der Waals surface area contributed by atoms with Gasteiger partial charge in [0, 0.05) is 0 Å². The summed E-state index contributed by atoms with van der Waals surface area (Å²) in [6, 6.07) is -0.168. The molecule has 1 atom stereocenters. The summed E-state index contributed by atoms with van der Waals surface area (Å²) in [5.74, 6) is 0. The predicted octanol–water partition coefficient (Wildman–Crippen LogP) is 3.98. The minimum absolute atomic E-state index is 0.168. The van der Waals surface area contributed by atoms with Gasteiger partial charge in [0.25, 0.3) is 0 Å². The van der Waals surface area contributed by atoms with Crippen LogP contribution >= 0.6 is 0 Å². The van der Waals surface area contributed by atoms with Crippen molar-refractivity contribution in [1.82, 2.24) is 5.32 Å². The Hall–Kier alpha value is -0.120. The van der Waals surface area contributed by atoms with E-state index in [4.69, 9.17) is 10.2 Å². The third kappa shape index (κ3) is 12.9. The number of aliphatic hydroxyl groups is 2. The molecule has 0 saturated carbocycles. The summed E-state index contributed by atoms with van der Waals surface area (Å²) < 4.78 is 0. The third-order valence-electron chi connectivity index (χ3n) is 4.10. The maximum atomic E-state index is 9.08. The highest BCUT2D eigenvalue weighted by molar-refractivity contribution is 4.65. The van der Waals surface area contributed by atoms with E-state index in [-0.39, 0.29) is 6.04 Å². The number of hydrogen-bond acceptors (Lipinski definition) is 3. The van der Waals surface area contributed by atoms with Crippen LogP contribution in [0.15, 0.2) is 0 Å². The van der Waals surface area contributed by atoms with Crippen LogP contribution in [0.5, 0.6) is 0 Å². The second-order valence-electron chi connectivity index (χ2n) is 5.99. The number of unbranched alkanes of at least 4 members (excludes halogenated alkanes) is 11. The van der Waals surface area contributed by atoms with Crippen LogP contribution < -0.4 is 5.32 Å². The second kappa shape index (κ2) is 15.3. The Morgan fingerprint density at radius 2 is 1.10 bits per heavy atom. The lowest BCUT2D eigenvalue weighted by Gasteiger charge is -2.17. The Bertz CT molecular complexity index is 186. The molecule has 20 heavy (non-hydrogen) atoms. The van der Waals surface area contributed by atoms with Crippen LogP contribution in [-0.2, 0) is 0 Å². The van der Waals surface area contributed by atoms with Crippen molar-refractivity contribution in [3.8, 4) is 0 Å². The fourth-order valence-corrected chi connectivity index (χ4v) is 2.65. The van der Waals surface area contributed by atoms with Gasteiger partial charge in [-0.15, -0.1) is 0 Å². The lowest BCUT2D eigenvalue weighted by atomic mass is 10.0. The average molecular weight is 287 g/mol. The molecular formula is C17H37NO2. The number of hydrogen-bond donors (Lipinski definition) is 3. The molecule has 0 spiro atoms. The predicted molar refractivity (Wildman–Crippen MR) is 86.8 cm³/mol. The molecule has 3 heteroatoms. The summed E-state index contributed by atoms with van der Waals surface area (Å²) in [6.45, 7) is 2.26. The summed E-state index contributed by atoms with van der Waals surface area (Å²) in [7, 11) is 1.78. The minimum Gasteiger partial charge on any atom is -0.367 e. The van der Waals surface area contributed by atoms with E-state index in [1.165, 1.54) is 70.6 Å². The van der Waals surface area contributed by atoms with E-state index >= 15 is 0 Å². The molecule has 0 fully saturated rings. The lowest BCUT2D eigenvalue weighted by Crippen LogP contribution is -2.37. The molecule has 0 aliphatic rings. The first-order valence-corrected chi connectivity index (χ1v) is 8.75. The maximum absolute atomic E-state index is 9.08. The van der Waals surface area contributed by atoms with Gasteiger partial charge in [0.15, 0.2) is 6.29 Å². The SMILES string of the molecule is CCCCCCCCCCCCCCC(NC)C(O)O. The molecule has 0 aromatic heterocycles. The first-order valence-electron chi connectivity index (χ1n) is 8.75. The first-order chi connectivity index (χ1) is 9.72. The van der Waals surface area contributed by atoms with Gasteiger partial charge >= 0.3 is 0 Å². The molecule has 0 rings (SSSR count). The maximum Gasteiger partial charge on any atom is 0.167 e. The first kappa shape index (κ1) is 19.9. The normalized spacial score (nSPS) is 13.1. The van der Waals surface area contributed by atoms with Gasteiger partial charge in [0.2, 0.25) is 0 Å². The average Bonchev–Trinajstić information content (AvgIpc) is 2.43. The van der Waals surface area contributed by atoms with Gasteiger partial charge in [-0.2, -0.15) is 0 Å². The second-order valence-corrected chi connectivity index (χ2v) is 5.99. The number of rotatable bonds is 15. The van der Waals surface area contributed by atoms with Crippen molar-refractivity contribution in [1.29, 1.82) is 0 Å². The van der Waals surface area contributed by atoms with Crippen LogP contribution in [0.25, 0.3) is 0 Å². The van der Waals surface area contributed by atoms with Crippen LogP contribution in [0.4, 0.5) is 0 Å². The lowest BCUT2D eigenvalue weighted by molar-refractivity contribution is -0.0674. The number of likely N-dealkylation sites (N-methyl/N-ethyl adjacent to an activating group) is 1. The molecule has 3 nitrogen and oxygen atoms in total. The van der Waals surface area contributed by atoms with E-state index in [1.807, 2.05) is 0 Å². The molecule has 0 amide bonds. The smallest absolute Gasteiger partial charge is 0.167 e. The monoisotopic (exact) mass is 287 g/mol. The summed E-state index contributed by atoms with van der Waals surface area (Å²) in [6.07, 6.45) is 15.7. The molecule has 0 bridgehead atoms. The summed E-state index contributed by atoms with van der Waals surface area (Å²) in [4.78, 5) is 0. The number of nitrogens with one attached hydrogen (secondary N) is 1. The van der Waals surface area contributed by atoms with E-state index in [2.05, 4.69) is 12.2 Å². The minimum atomic E-state index is -1.23. The largest absolute Gasteiger partial charge is 0.367 e. The Morgan fingerprint density at radius 3 is 1.45 bits per heavy atom. The summed E-state index contributed by atoms with van der Waals surface area (Å²) in [5.41, 5.74) is 0. The molecular weight excluding hydrogens is 250 g/mol. The fraction of sp³-hybridized carbons (Fsp3) is 1.00. The zero-order valence-electron chi connectivity index (χ0n) is 13.7. The van der Waals surface area contributed by atoms with Gasteiger partial charge in [-0.3, -0.25) is 0 Å². The van der Waals surface area contributed by atoms with Crippen molar-refractivity contribution in [3.05, 3.63) is 0 Å². The third-order valence-corrected chi connectivity index (χ3v) is 4.10. The van der Waals surface area contributed by atoms with Crippen molar-refractivity contribution in [3.63, 3.8) is 0 Å². The van der Waals surface area contributed by atoms with Gasteiger partial charge in [0.1, 0.15) is 0 Å².